The van der Waals surface area contributed by atoms with Gasteiger partial charge in [-0.15, -0.1) is 5.10 Å². The van der Waals surface area contributed by atoms with Crippen molar-refractivity contribution in [3.05, 3.63) is 64.5 Å². The van der Waals surface area contributed by atoms with Crippen molar-refractivity contribution in [2.24, 2.45) is 5.73 Å². The first-order valence-corrected chi connectivity index (χ1v) is 8.68. The van der Waals surface area contributed by atoms with E-state index in [1.807, 2.05) is 0 Å². The van der Waals surface area contributed by atoms with Gasteiger partial charge in [-0.05, 0) is 17.7 Å². The summed E-state index contributed by atoms with van der Waals surface area (Å²) in [5, 5.41) is 17.2. The van der Waals surface area contributed by atoms with Crippen LogP contribution in [-0.2, 0) is 12.6 Å². The Kier molecular flexibility index (Phi) is 5.78. The van der Waals surface area contributed by atoms with Gasteiger partial charge >= 0.3 is 6.18 Å². The summed E-state index contributed by atoms with van der Waals surface area (Å²) in [5.41, 5.74) is 3.89. The first kappa shape index (κ1) is 21.3. The molecule has 1 unspecified atom stereocenters. The van der Waals surface area contributed by atoms with Crippen molar-refractivity contribution < 1.29 is 27.5 Å². The fourth-order valence-electron chi connectivity index (χ4n) is 3.20. The van der Waals surface area contributed by atoms with Crippen LogP contribution in [0.15, 0.2) is 30.6 Å². The van der Waals surface area contributed by atoms with Gasteiger partial charge in [0.2, 0.25) is 5.91 Å². The fraction of sp³-hybridized carbons (Fsp3) is 0.278. The summed E-state index contributed by atoms with van der Waals surface area (Å²) in [7, 11) is 0. The Labute approximate surface area is 167 Å². The van der Waals surface area contributed by atoms with Gasteiger partial charge in [0.25, 0.3) is 5.95 Å². The van der Waals surface area contributed by atoms with E-state index in [0.29, 0.717) is 0 Å². The molecule has 3 aromatic rings. The smallest absolute Gasteiger partial charge is 0.396 e. The lowest BCUT2D eigenvalue weighted by atomic mass is 9.87. The average molecular weight is 424 g/mol. The number of nitrogens with zero attached hydrogens (tertiary/aromatic N) is 5. The minimum Gasteiger partial charge on any atom is -0.396 e. The topological polar surface area (TPSA) is 120 Å². The van der Waals surface area contributed by atoms with Crippen LogP contribution in [0.3, 0.4) is 0 Å². The summed E-state index contributed by atoms with van der Waals surface area (Å²) in [6, 6.07) is 3.14. The van der Waals surface area contributed by atoms with Gasteiger partial charge in [-0.1, -0.05) is 18.2 Å². The Morgan fingerprint density at radius 3 is 2.50 bits per heavy atom. The summed E-state index contributed by atoms with van der Waals surface area (Å²) in [6.45, 7) is 1.04. The molecule has 0 aliphatic carbocycles. The maximum absolute atomic E-state index is 13.6. The minimum absolute atomic E-state index is 0.0481. The molecule has 0 saturated carbocycles. The lowest BCUT2D eigenvalue weighted by molar-refractivity contribution is -0.138. The van der Waals surface area contributed by atoms with E-state index in [1.165, 1.54) is 13.0 Å². The van der Waals surface area contributed by atoms with Crippen molar-refractivity contribution in [2.45, 2.75) is 25.4 Å². The summed E-state index contributed by atoms with van der Waals surface area (Å²) in [6.07, 6.45) is -3.02. The van der Waals surface area contributed by atoms with Gasteiger partial charge in [0, 0.05) is 24.5 Å². The quantitative estimate of drug-likeness (QED) is 0.584. The molecule has 1 aromatic carbocycles. The predicted molar refractivity (Wildman–Crippen MR) is 95.2 cm³/mol. The number of hydrogen-bond donors (Lipinski definition) is 2. The number of carbonyl (C=O) groups is 1. The molecule has 2 aromatic heterocycles. The molecular formula is C18H16F4N6O2. The largest absolute Gasteiger partial charge is 0.416 e. The van der Waals surface area contributed by atoms with Crippen LogP contribution in [0.4, 0.5) is 17.6 Å². The first-order chi connectivity index (χ1) is 14.1. The van der Waals surface area contributed by atoms with Gasteiger partial charge in [0.15, 0.2) is 5.82 Å². The molecular weight excluding hydrogens is 408 g/mol. The summed E-state index contributed by atoms with van der Waals surface area (Å²) in [4.78, 5) is 19.4. The Bertz CT molecular complexity index is 1070. The number of aromatic nitrogens is 5. The van der Waals surface area contributed by atoms with Crippen molar-refractivity contribution in [1.29, 1.82) is 0 Å². The lowest BCUT2D eigenvalue weighted by Gasteiger charge is -2.20. The second kappa shape index (κ2) is 8.14. The van der Waals surface area contributed by atoms with Crippen LogP contribution >= 0.6 is 0 Å². The number of benzene rings is 1. The lowest BCUT2D eigenvalue weighted by Crippen LogP contribution is -2.21. The second-order valence-electron chi connectivity index (χ2n) is 6.36. The molecule has 0 bridgehead atoms. The molecule has 3 N–H and O–H groups in total. The van der Waals surface area contributed by atoms with E-state index < -0.39 is 29.4 Å². The molecule has 2 heterocycles. The molecule has 30 heavy (non-hydrogen) atoms. The fourth-order valence-corrected chi connectivity index (χ4v) is 3.20. The number of amides is 1. The summed E-state index contributed by atoms with van der Waals surface area (Å²) in [5.74, 6) is -2.87. The van der Waals surface area contributed by atoms with E-state index in [-0.39, 0.29) is 41.5 Å². The Morgan fingerprint density at radius 1 is 1.27 bits per heavy atom. The highest BCUT2D eigenvalue weighted by atomic mass is 19.4. The van der Waals surface area contributed by atoms with Crippen LogP contribution in [0.5, 0.6) is 0 Å². The first-order valence-electron chi connectivity index (χ1n) is 8.68. The van der Waals surface area contributed by atoms with Gasteiger partial charge in [0.05, 0.1) is 29.3 Å². The van der Waals surface area contributed by atoms with Gasteiger partial charge < -0.3 is 10.8 Å². The van der Waals surface area contributed by atoms with Crippen LogP contribution < -0.4 is 5.73 Å². The Morgan fingerprint density at radius 2 is 1.93 bits per heavy atom. The zero-order chi connectivity index (χ0) is 22.1. The van der Waals surface area contributed by atoms with Crippen molar-refractivity contribution in [2.75, 3.05) is 6.61 Å². The van der Waals surface area contributed by atoms with E-state index in [2.05, 4.69) is 20.3 Å². The zero-order valence-electron chi connectivity index (χ0n) is 15.6. The third-order valence-electron chi connectivity index (χ3n) is 4.46. The van der Waals surface area contributed by atoms with Crippen molar-refractivity contribution >= 4 is 5.91 Å². The van der Waals surface area contributed by atoms with Crippen molar-refractivity contribution in [3.63, 3.8) is 0 Å². The summed E-state index contributed by atoms with van der Waals surface area (Å²) < 4.78 is 55.1. The number of carbonyl (C=O) groups excluding carboxylic acids is 1. The number of alkyl halides is 3. The van der Waals surface area contributed by atoms with Crippen LogP contribution in [0.2, 0.25) is 0 Å². The van der Waals surface area contributed by atoms with Crippen LogP contribution in [0, 0.1) is 5.82 Å². The molecule has 1 atom stereocenters. The highest BCUT2D eigenvalue weighted by molar-refractivity contribution is 5.95. The van der Waals surface area contributed by atoms with Crippen LogP contribution in [0.25, 0.3) is 5.95 Å². The third kappa shape index (κ3) is 3.99. The van der Waals surface area contributed by atoms with E-state index in [0.717, 1.165) is 29.2 Å². The van der Waals surface area contributed by atoms with E-state index >= 15 is 0 Å². The normalized spacial score (nSPS) is 12.7. The van der Waals surface area contributed by atoms with Crippen molar-refractivity contribution in [3.8, 4) is 5.95 Å². The molecule has 8 nitrogen and oxygen atoms in total. The zero-order valence-corrected chi connectivity index (χ0v) is 15.6. The highest BCUT2D eigenvalue weighted by Crippen LogP contribution is 2.39. The standard InChI is InChI=1S/C18H16F4N6O2/c1-9(14-11(16(23)30)3-2-4-12(14)18(20,21)22)15-13(5-6-29)28(27-26-15)17-24-7-10(19)8-25-17/h2-4,7-9,29H,5-6H2,1H3,(H2,23,30). The second-order valence-corrected chi connectivity index (χ2v) is 6.36. The monoisotopic (exact) mass is 424 g/mol. The maximum atomic E-state index is 13.6. The molecule has 158 valence electrons. The molecule has 12 heteroatoms. The minimum atomic E-state index is -4.75. The molecule has 0 aliphatic rings. The van der Waals surface area contributed by atoms with Crippen LogP contribution in [0.1, 0.15) is 45.7 Å². The number of rotatable bonds is 6. The van der Waals surface area contributed by atoms with E-state index in [9.17, 15) is 27.5 Å². The molecule has 0 fully saturated rings. The number of hydrogen-bond acceptors (Lipinski definition) is 6. The predicted octanol–water partition coefficient (Wildman–Crippen LogP) is 2.00. The average Bonchev–Trinajstić information content (AvgIpc) is 3.10. The number of nitrogens with two attached hydrogens (primary N) is 1. The van der Waals surface area contributed by atoms with E-state index in [1.54, 1.807) is 0 Å². The van der Waals surface area contributed by atoms with Gasteiger partial charge in [-0.2, -0.15) is 17.9 Å². The maximum Gasteiger partial charge on any atom is 0.416 e. The number of aliphatic hydroxyl groups is 1. The Hall–Kier alpha value is -3.41. The molecule has 0 aliphatic heterocycles. The number of halogens is 4. The molecule has 0 radical (unpaired) electrons. The SMILES string of the molecule is CC(c1nnn(-c2ncc(F)cn2)c1CCO)c1c(C(N)=O)cccc1C(F)(F)F. The number of aliphatic hydroxyl groups excluding tert-OH is 1. The van der Waals surface area contributed by atoms with Gasteiger partial charge in [0.1, 0.15) is 0 Å². The van der Waals surface area contributed by atoms with Gasteiger partial charge in [-0.25, -0.2) is 14.4 Å². The van der Waals surface area contributed by atoms with Crippen molar-refractivity contribution in [1.82, 2.24) is 25.0 Å². The van der Waals surface area contributed by atoms with Crippen LogP contribution in [-0.4, -0.2) is 42.6 Å². The molecule has 0 saturated heterocycles. The highest BCUT2D eigenvalue weighted by Gasteiger charge is 2.38. The molecule has 3 rings (SSSR count). The Balaban J connectivity index is 2.20. The molecule has 0 spiro atoms. The molecule has 1 amide bonds. The third-order valence-corrected chi connectivity index (χ3v) is 4.46. The van der Waals surface area contributed by atoms with Gasteiger partial charge in [-0.3, -0.25) is 4.79 Å². The summed E-state index contributed by atoms with van der Waals surface area (Å²) >= 11 is 0. The van der Waals surface area contributed by atoms with E-state index in [4.69, 9.17) is 5.73 Å². The number of primary amides is 1.